The lowest BCUT2D eigenvalue weighted by molar-refractivity contribution is -0.137. The molecular weight excluding hydrogens is 273 g/mol. The first-order chi connectivity index (χ1) is 10.1. The fraction of sp³-hybridized carbons (Fsp3) is 0.125. The molecule has 0 saturated heterocycles. The highest BCUT2D eigenvalue weighted by molar-refractivity contribution is 5.94. The van der Waals surface area contributed by atoms with Crippen molar-refractivity contribution >= 4 is 11.9 Å². The minimum atomic E-state index is -1.04. The van der Waals surface area contributed by atoms with Crippen LogP contribution in [0.4, 0.5) is 4.39 Å². The maximum absolute atomic E-state index is 13.6. The van der Waals surface area contributed by atoms with Crippen LogP contribution in [0.15, 0.2) is 54.6 Å². The number of benzene rings is 2. The van der Waals surface area contributed by atoms with Crippen molar-refractivity contribution in [3.63, 3.8) is 0 Å². The van der Waals surface area contributed by atoms with E-state index in [1.54, 1.807) is 36.4 Å². The molecule has 0 bridgehead atoms. The highest BCUT2D eigenvalue weighted by atomic mass is 19.1. The molecule has 0 spiro atoms. The molecule has 1 atom stereocenters. The van der Waals surface area contributed by atoms with Gasteiger partial charge in [-0.2, -0.15) is 0 Å². The van der Waals surface area contributed by atoms with Gasteiger partial charge in [-0.1, -0.05) is 42.5 Å². The molecule has 21 heavy (non-hydrogen) atoms. The van der Waals surface area contributed by atoms with Gasteiger partial charge in [0.2, 0.25) is 0 Å². The number of hydrogen-bond donors (Lipinski definition) is 2. The van der Waals surface area contributed by atoms with Crippen molar-refractivity contribution in [2.45, 2.75) is 12.5 Å². The third-order valence-corrected chi connectivity index (χ3v) is 3.00. The summed E-state index contributed by atoms with van der Waals surface area (Å²) in [6.07, 6.45) is -0.274. The normalized spacial score (nSPS) is 11.7. The summed E-state index contributed by atoms with van der Waals surface area (Å²) in [4.78, 5) is 23.0. The summed E-state index contributed by atoms with van der Waals surface area (Å²) >= 11 is 0. The van der Waals surface area contributed by atoms with Crippen LogP contribution < -0.4 is 5.32 Å². The van der Waals surface area contributed by atoms with Gasteiger partial charge in [0.25, 0.3) is 5.91 Å². The standard InChI is InChI=1S/C16H14FNO3/c17-13-9-5-4-8-12(13)16(21)18-14(10-15(19)20)11-6-2-1-3-7-11/h1-9,14H,10H2,(H,18,21)(H,19,20). The number of carbonyl (C=O) groups excluding carboxylic acids is 1. The molecule has 1 amide bonds. The molecule has 2 N–H and O–H groups in total. The van der Waals surface area contributed by atoms with Crippen molar-refractivity contribution in [2.75, 3.05) is 0 Å². The van der Waals surface area contributed by atoms with Crippen LogP contribution in [0.5, 0.6) is 0 Å². The van der Waals surface area contributed by atoms with Crippen LogP contribution in [0.25, 0.3) is 0 Å². The van der Waals surface area contributed by atoms with Crippen LogP contribution in [0.1, 0.15) is 28.4 Å². The van der Waals surface area contributed by atoms with E-state index in [4.69, 9.17) is 5.11 Å². The highest BCUT2D eigenvalue weighted by Gasteiger charge is 2.20. The highest BCUT2D eigenvalue weighted by Crippen LogP contribution is 2.18. The third kappa shape index (κ3) is 3.89. The smallest absolute Gasteiger partial charge is 0.305 e. The molecule has 2 aromatic carbocycles. The van der Waals surface area contributed by atoms with Gasteiger partial charge in [0.15, 0.2) is 0 Å². The van der Waals surface area contributed by atoms with Crippen LogP contribution in [0.2, 0.25) is 0 Å². The number of carboxylic acids is 1. The van der Waals surface area contributed by atoms with Gasteiger partial charge in [0, 0.05) is 0 Å². The van der Waals surface area contributed by atoms with E-state index in [9.17, 15) is 14.0 Å². The van der Waals surface area contributed by atoms with E-state index in [1.165, 1.54) is 18.2 Å². The first kappa shape index (κ1) is 14.7. The van der Waals surface area contributed by atoms with Crippen molar-refractivity contribution in [2.24, 2.45) is 0 Å². The van der Waals surface area contributed by atoms with E-state index in [0.29, 0.717) is 5.56 Å². The minimum absolute atomic E-state index is 0.108. The number of rotatable bonds is 5. The van der Waals surface area contributed by atoms with Crippen molar-refractivity contribution in [3.05, 3.63) is 71.5 Å². The molecule has 0 saturated carbocycles. The maximum atomic E-state index is 13.6. The average Bonchev–Trinajstić information content (AvgIpc) is 2.47. The Morgan fingerprint density at radius 1 is 1.05 bits per heavy atom. The Kier molecular flexibility index (Phi) is 4.66. The van der Waals surface area contributed by atoms with Crippen molar-refractivity contribution in [1.29, 1.82) is 0 Å². The van der Waals surface area contributed by atoms with Crippen molar-refractivity contribution < 1.29 is 19.1 Å². The average molecular weight is 287 g/mol. The Labute approximate surface area is 121 Å². The topological polar surface area (TPSA) is 66.4 Å². The number of nitrogens with one attached hydrogen (secondary N) is 1. The Morgan fingerprint density at radius 3 is 2.29 bits per heavy atom. The molecule has 2 aromatic rings. The Bertz CT molecular complexity index is 643. The van der Waals surface area contributed by atoms with E-state index in [2.05, 4.69) is 5.32 Å². The molecule has 4 nitrogen and oxygen atoms in total. The zero-order valence-electron chi connectivity index (χ0n) is 11.1. The SMILES string of the molecule is O=C(O)CC(NC(=O)c1ccccc1F)c1ccccc1. The summed E-state index contributed by atoms with van der Waals surface area (Å²) in [6, 6.07) is 13.6. The zero-order valence-corrected chi connectivity index (χ0v) is 11.1. The van der Waals surface area contributed by atoms with Gasteiger partial charge >= 0.3 is 5.97 Å². The van der Waals surface area contributed by atoms with E-state index in [1.807, 2.05) is 0 Å². The third-order valence-electron chi connectivity index (χ3n) is 3.00. The number of amides is 1. The molecular formula is C16H14FNO3. The summed E-state index contributed by atoms with van der Waals surface area (Å²) in [5.41, 5.74) is 0.549. The van der Waals surface area contributed by atoms with Crippen LogP contribution in [-0.4, -0.2) is 17.0 Å². The first-order valence-electron chi connectivity index (χ1n) is 6.40. The van der Waals surface area contributed by atoms with Gasteiger partial charge in [0.1, 0.15) is 5.82 Å². The van der Waals surface area contributed by atoms with Gasteiger partial charge in [-0.05, 0) is 17.7 Å². The second-order valence-corrected chi connectivity index (χ2v) is 4.51. The predicted molar refractivity (Wildman–Crippen MR) is 75.3 cm³/mol. The van der Waals surface area contributed by atoms with E-state index in [0.717, 1.165) is 0 Å². The van der Waals surface area contributed by atoms with Gasteiger partial charge in [-0.15, -0.1) is 0 Å². The molecule has 0 heterocycles. The second kappa shape index (κ2) is 6.65. The minimum Gasteiger partial charge on any atom is -0.481 e. The van der Waals surface area contributed by atoms with Crippen LogP contribution >= 0.6 is 0 Å². The van der Waals surface area contributed by atoms with Crippen molar-refractivity contribution in [3.8, 4) is 0 Å². The lowest BCUT2D eigenvalue weighted by atomic mass is 10.0. The molecule has 108 valence electrons. The van der Waals surface area contributed by atoms with Crippen LogP contribution in [0.3, 0.4) is 0 Å². The number of hydrogen-bond acceptors (Lipinski definition) is 2. The summed E-state index contributed by atoms with van der Waals surface area (Å²) in [5, 5.41) is 11.5. The van der Waals surface area contributed by atoms with Crippen molar-refractivity contribution in [1.82, 2.24) is 5.32 Å². The number of carboxylic acid groups (broad SMARTS) is 1. The Morgan fingerprint density at radius 2 is 1.67 bits per heavy atom. The largest absolute Gasteiger partial charge is 0.481 e. The molecule has 0 aliphatic heterocycles. The first-order valence-corrected chi connectivity index (χ1v) is 6.40. The van der Waals surface area contributed by atoms with Crippen LogP contribution in [0, 0.1) is 5.82 Å². The van der Waals surface area contributed by atoms with Gasteiger partial charge in [-0.25, -0.2) is 4.39 Å². The quantitative estimate of drug-likeness (QED) is 0.888. The molecule has 0 aromatic heterocycles. The molecule has 0 fully saturated rings. The van der Waals surface area contributed by atoms with Crippen LogP contribution in [-0.2, 0) is 4.79 Å². The van der Waals surface area contributed by atoms with E-state index >= 15 is 0 Å². The molecule has 0 aliphatic rings. The fourth-order valence-corrected chi connectivity index (χ4v) is 1.99. The van der Waals surface area contributed by atoms with E-state index < -0.39 is 23.7 Å². The lowest BCUT2D eigenvalue weighted by Crippen LogP contribution is -2.30. The molecule has 0 radical (unpaired) electrons. The number of carbonyl (C=O) groups is 2. The summed E-state index contributed by atoms with van der Waals surface area (Å²) in [7, 11) is 0. The predicted octanol–water partition coefficient (Wildman–Crippen LogP) is 2.77. The lowest BCUT2D eigenvalue weighted by Gasteiger charge is -2.17. The Hall–Kier alpha value is -2.69. The summed E-state index contributed by atoms with van der Waals surface area (Å²) in [5.74, 6) is -2.32. The summed E-state index contributed by atoms with van der Waals surface area (Å²) in [6.45, 7) is 0. The molecule has 5 heteroatoms. The number of halogens is 1. The zero-order chi connectivity index (χ0) is 15.2. The van der Waals surface area contributed by atoms with E-state index in [-0.39, 0.29) is 12.0 Å². The Balaban J connectivity index is 2.21. The molecule has 0 aliphatic carbocycles. The van der Waals surface area contributed by atoms with Gasteiger partial charge in [0.05, 0.1) is 18.0 Å². The maximum Gasteiger partial charge on any atom is 0.305 e. The molecule has 1 unspecified atom stereocenters. The number of aliphatic carboxylic acids is 1. The monoisotopic (exact) mass is 287 g/mol. The second-order valence-electron chi connectivity index (χ2n) is 4.51. The fourth-order valence-electron chi connectivity index (χ4n) is 1.99. The summed E-state index contributed by atoms with van der Waals surface area (Å²) < 4.78 is 13.6. The van der Waals surface area contributed by atoms with Gasteiger partial charge in [-0.3, -0.25) is 9.59 Å². The molecule has 2 rings (SSSR count). The van der Waals surface area contributed by atoms with Gasteiger partial charge < -0.3 is 10.4 Å².